The smallest absolute Gasteiger partial charge is 0.462 e. The number of carbonyl (C=O) groups is 4. The number of unbranched alkanes of at least 4 members (excludes halogenated alkanes) is 41. The molecule has 0 rings (SSSR count). The van der Waals surface area contributed by atoms with Crippen LogP contribution in [0.15, 0.2) is 0 Å². The van der Waals surface area contributed by atoms with Crippen LogP contribution >= 0.6 is 15.6 Å². The van der Waals surface area contributed by atoms with Crippen LogP contribution in [0.2, 0.25) is 0 Å². The lowest BCUT2D eigenvalue weighted by molar-refractivity contribution is -0.161. The summed E-state index contributed by atoms with van der Waals surface area (Å²) >= 11 is 0. The maximum absolute atomic E-state index is 13.0. The van der Waals surface area contributed by atoms with Gasteiger partial charge in [-0.25, -0.2) is 9.13 Å². The molecule has 0 aromatic heterocycles. The van der Waals surface area contributed by atoms with Crippen LogP contribution in [0.1, 0.15) is 369 Å². The highest BCUT2D eigenvalue weighted by Gasteiger charge is 2.30. The van der Waals surface area contributed by atoms with Gasteiger partial charge in [-0.05, 0) is 37.5 Å². The monoisotopic (exact) mass is 1340 g/mol. The second kappa shape index (κ2) is 64.1. The van der Waals surface area contributed by atoms with Crippen LogP contribution < -0.4 is 0 Å². The average Bonchev–Trinajstić information content (AvgIpc) is 2.69. The van der Waals surface area contributed by atoms with Crippen LogP contribution in [0.25, 0.3) is 0 Å². The second-order valence-corrected chi connectivity index (χ2v) is 29.8. The minimum absolute atomic E-state index is 0.105. The van der Waals surface area contributed by atoms with Crippen molar-refractivity contribution >= 4 is 39.5 Å². The predicted molar refractivity (Wildman–Crippen MR) is 368 cm³/mol. The highest BCUT2D eigenvalue weighted by molar-refractivity contribution is 7.47. The number of rotatable bonds is 71. The molecule has 0 aromatic carbocycles. The Hall–Kier alpha value is -1.94. The van der Waals surface area contributed by atoms with Gasteiger partial charge in [0.15, 0.2) is 12.2 Å². The minimum atomic E-state index is -4.95. The molecule has 17 nitrogen and oxygen atoms in total. The first kappa shape index (κ1) is 89.1. The molecule has 91 heavy (non-hydrogen) atoms. The standard InChI is InChI=1S/C72H140O17P2/c1-7-9-11-13-15-17-19-26-30-37-43-49-55-70(75)83-60-67(88-71(76)56-50-44-38-31-27-23-21-20-22-25-28-34-40-46-52-64(3)4)62-86-90(78,79)84-58-66(73)59-85-91(80,81)87-63-68(89-72(77)57-51-45-39-33-32-35-41-47-53-65(5)6)61-82-69(74)54-48-42-36-29-24-18-16-14-12-10-8-2/h64-68,73H,7-63H2,1-6H3,(H,78,79)(H,80,81)/t66-,67-,68-/m1/s1. The average molecular weight is 1340 g/mol. The van der Waals surface area contributed by atoms with E-state index in [0.29, 0.717) is 25.7 Å². The number of hydrogen-bond acceptors (Lipinski definition) is 15. The topological polar surface area (TPSA) is 237 Å². The molecule has 0 spiro atoms. The first-order valence-electron chi connectivity index (χ1n) is 37.5. The maximum Gasteiger partial charge on any atom is 0.472 e. The molecule has 0 aliphatic rings. The summed E-state index contributed by atoms with van der Waals surface area (Å²) in [5.74, 6) is -0.607. The molecule has 0 saturated carbocycles. The zero-order chi connectivity index (χ0) is 67.2. The third-order valence-corrected chi connectivity index (χ3v) is 18.6. The zero-order valence-corrected chi connectivity index (χ0v) is 60.9. The second-order valence-electron chi connectivity index (χ2n) is 26.9. The predicted octanol–water partition coefficient (Wildman–Crippen LogP) is 20.8. The van der Waals surface area contributed by atoms with Crippen LogP contribution in [-0.4, -0.2) is 96.7 Å². The molecule has 0 fully saturated rings. The number of esters is 4. The Labute approximate surface area is 556 Å². The van der Waals surface area contributed by atoms with Gasteiger partial charge in [-0.1, -0.05) is 318 Å². The van der Waals surface area contributed by atoms with Crippen molar-refractivity contribution in [1.29, 1.82) is 0 Å². The van der Waals surface area contributed by atoms with E-state index in [1.54, 1.807) is 0 Å². The summed E-state index contributed by atoms with van der Waals surface area (Å²) in [5, 5.41) is 10.6. The number of phosphoric acid groups is 2. The van der Waals surface area contributed by atoms with Crippen LogP contribution in [-0.2, 0) is 65.4 Å². The van der Waals surface area contributed by atoms with Crippen LogP contribution in [0, 0.1) is 11.8 Å². The molecule has 0 saturated heterocycles. The van der Waals surface area contributed by atoms with Crippen molar-refractivity contribution in [1.82, 2.24) is 0 Å². The summed E-state index contributed by atoms with van der Waals surface area (Å²) in [5.41, 5.74) is 0. The van der Waals surface area contributed by atoms with Crippen molar-refractivity contribution in [3.05, 3.63) is 0 Å². The van der Waals surface area contributed by atoms with Gasteiger partial charge in [0.1, 0.15) is 19.3 Å². The Morgan fingerprint density at radius 1 is 0.297 bits per heavy atom. The third kappa shape index (κ3) is 66.5. The van der Waals surface area contributed by atoms with E-state index < -0.39 is 97.5 Å². The lowest BCUT2D eigenvalue weighted by Crippen LogP contribution is -2.30. The molecule has 5 atom stereocenters. The lowest BCUT2D eigenvalue weighted by Gasteiger charge is -2.21. The van der Waals surface area contributed by atoms with Gasteiger partial charge in [0, 0.05) is 25.7 Å². The van der Waals surface area contributed by atoms with Crippen LogP contribution in [0.5, 0.6) is 0 Å². The summed E-state index contributed by atoms with van der Waals surface area (Å²) in [7, 11) is -9.90. The fourth-order valence-corrected chi connectivity index (χ4v) is 12.5. The lowest BCUT2D eigenvalue weighted by atomic mass is 10.0. The Kier molecular flexibility index (Phi) is 62.7. The number of ether oxygens (including phenoxy) is 4. The molecule has 0 heterocycles. The van der Waals surface area contributed by atoms with Crippen molar-refractivity contribution in [2.45, 2.75) is 387 Å². The van der Waals surface area contributed by atoms with Crippen molar-refractivity contribution < 1.29 is 80.2 Å². The van der Waals surface area contributed by atoms with Gasteiger partial charge in [0.2, 0.25) is 0 Å². The highest BCUT2D eigenvalue weighted by Crippen LogP contribution is 2.45. The molecule has 0 amide bonds. The molecule has 0 radical (unpaired) electrons. The van der Waals surface area contributed by atoms with Gasteiger partial charge in [-0.3, -0.25) is 37.3 Å². The third-order valence-electron chi connectivity index (χ3n) is 16.7. The molecular formula is C72H140O17P2. The Balaban J connectivity index is 5.24. The maximum atomic E-state index is 13.0. The van der Waals surface area contributed by atoms with Gasteiger partial charge in [0.25, 0.3) is 0 Å². The van der Waals surface area contributed by atoms with Gasteiger partial charge in [-0.2, -0.15) is 0 Å². The quantitative estimate of drug-likeness (QED) is 0.0222. The SMILES string of the molecule is CCCCCCCCCCCCCCC(=O)OC[C@H](COP(=O)(O)OC[C@@H](O)COP(=O)(O)OC[C@@H](COC(=O)CCCCCCCCCCCCC)OC(=O)CCCCCCCCCCC(C)C)OC(=O)CCCCCCCCCCCCCCCCC(C)C. The van der Waals surface area contributed by atoms with E-state index in [4.69, 9.17) is 37.0 Å². The highest BCUT2D eigenvalue weighted by atomic mass is 31.2. The first-order chi connectivity index (χ1) is 43.9. The first-order valence-corrected chi connectivity index (χ1v) is 40.5. The molecule has 540 valence electrons. The fraction of sp³-hybridized carbons (Fsp3) is 0.944. The molecule has 3 N–H and O–H groups in total. The molecule has 0 aliphatic carbocycles. The van der Waals surface area contributed by atoms with Gasteiger partial charge < -0.3 is 33.8 Å². The zero-order valence-electron chi connectivity index (χ0n) is 59.1. The minimum Gasteiger partial charge on any atom is -0.462 e. The number of carbonyl (C=O) groups excluding carboxylic acids is 4. The Bertz CT molecular complexity index is 1770. The molecular weight excluding hydrogens is 1200 g/mol. The van der Waals surface area contributed by atoms with E-state index in [0.717, 1.165) is 102 Å². The van der Waals surface area contributed by atoms with E-state index >= 15 is 0 Å². The molecule has 0 bridgehead atoms. The Morgan fingerprint density at radius 3 is 0.747 bits per heavy atom. The van der Waals surface area contributed by atoms with Crippen molar-refractivity contribution in [3.63, 3.8) is 0 Å². The van der Waals surface area contributed by atoms with E-state index in [1.807, 2.05) is 0 Å². The molecule has 19 heteroatoms. The molecule has 0 aliphatic heterocycles. The van der Waals surface area contributed by atoms with Crippen molar-refractivity contribution in [3.8, 4) is 0 Å². The van der Waals surface area contributed by atoms with Gasteiger partial charge >= 0.3 is 39.5 Å². The largest absolute Gasteiger partial charge is 0.472 e. The van der Waals surface area contributed by atoms with E-state index in [2.05, 4.69) is 41.5 Å². The Morgan fingerprint density at radius 2 is 0.505 bits per heavy atom. The summed E-state index contributed by atoms with van der Waals surface area (Å²) < 4.78 is 68.4. The fourth-order valence-electron chi connectivity index (χ4n) is 10.9. The van der Waals surface area contributed by atoms with E-state index in [9.17, 15) is 43.2 Å². The normalized spacial score (nSPS) is 14.1. The number of aliphatic hydroxyl groups is 1. The molecule has 2 unspecified atom stereocenters. The van der Waals surface area contributed by atoms with Gasteiger partial charge in [-0.15, -0.1) is 0 Å². The summed E-state index contributed by atoms with van der Waals surface area (Å²) in [6.45, 7) is 9.54. The van der Waals surface area contributed by atoms with Crippen molar-refractivity contribution in [2.24, 2.45) is 11.8 Å². The molecule has 0 aromatic rings. The van der Waals surface area contributed by atoms with E-state index in [-0.39, 0.29) is 25.7 Å². The van der Waals surface area contributed by atoms with Crippen LogP contribution in [0.3, 0.4) is 0 Å². The number of aliphatic hydroxyl groups excluding tert-OH is 1. The van der Waals surface area contributed by atoms with Crippen molar-refractivity contribution in [2.75, 3.05) is 39.6 Å². The summed E-state index contributed by atoms with van der Waals surface area (Å²) in [6.07, 6.45) is 49.9. The summed E-state index contributed by atoms with van der Waals surface area (Å²) in [6, 6.07) is 0. The van der Waals surface area contributed by atoms with Gasteiger partial charge in [0.05, 0.1) is 26.4 Å². The number of hydrogen-bond donors (Lipinski definition) is 3. The number of phosphoric ester groups is 2. The van der Waals surface area contributed by atoms with E-state index in [1.165, 1.54) is 186 Å². The summed E-state index contributed by atoms with van der Waals surface area (Å²) in [4.78, 5) is 72.6. The van der Waals surface area contributed by atoms with Crippen LogP contribution in [0.4, 0.5) is 0 Å².